The average molecular weight is 368 g/mol. The first-order valence-corrected chi connectivity index (χ1v) is 8.22. The van der Waals surface area contributed by atoms with Gasteiger partial charge in [-0.2, -0.15) is 0 Å². The summed E-state index contributed by atoms with van der Waals surface area (Å²) < 4.78 is 2.22. The van der Waals surface area contributed by atoms with Crippen LogP contribution in [-0.4, -0.2) is 5.11 Å². The average Bonchev–Trinajstić information content (AvgIpc) is 2.86. The number of thiophene rings is 1. The quantitative estimate of drug-likeness (QED) is 0.615. The predicted octanol–water partition coefficient (Wildman–Crippen LogP) is 5.71. The number of fused-ring (bicyclic) bond motifs is 1. The molecule has 0 saturated heterocycles. The zero-order valence-corrected chi connectivity index (χ0v) is 13.9. The van der Waals surface area contributed by atoms with Gasteiger partial charge in [0.05, 0.1) is 0 Å². The molecule has 1 aromatic heterocycles. The van der Waals surface area contributed by atoms with Crippen LogP contribution in [-0.2, 0) is 0 Å². The van der Waals surface area contributed by atoms with Crippen molar-refractivity contribution in [1.82, 2.24) is 0 Å². The molecule has 0 aliphatic rings. The molecule has 0 amide bonds. The molecule has 0 aliphatic carbocycles. The molecule has 102 valence electrons. The Morgan fingerprint density at radius 2 is 2.05 bits per heavy atom. The molecule has 0 saturated carbocycles. The Morgan fingerprint density at radius 3 is 2.80 bits per heavy atom. The minimum absolute atomic E-state index is 0.631. The fourth-order valence-corrected chi connectivity index (χ4v) is 4.03. The van der Waals surface area contributed by atoms with E-state index in [1.165, 1.54) is 0 Å². The molecule has 1 atom stereocenters. The Kier molecular flexibility index (Phi) is 3.87. The van der Waals surface area contributed by atoms with E-state index in [4.69, 9.17) is 11.6 Å². The van der Waals surface area contributed by atoms with Gasteiger partial charge in [0.1, 0.15) is 6.10 Å². The van der Waals surface area contributed by atoms with Gasteiger partial charge < -0.3 is 5.11 Å². The molecular weight excluding hydrogens is 356 g/mol. The molecular formula is C16H12BrClOS. The first kappa shape index (κ1) is 14.1. The molecule has 4 heteroatoms. The molecule has 3 rings (SSSR count). The highest BCUT2D eigenvalue weighted by Gasteiger charge is 2.16. The van der Waals surface area contributed by atoms with E-state index in [-0.39, 0.29) is 0 Å². The van der Waals surface area contributed by atoms with E-state index in [9.17, 15) is 5.11 Å². The Morgan fingerprint density at radius 1 is 1.25 bits per heavy atom. The zero-order chi connectivity index (χ0) is 14.3. The largest absolute Gasteiger partial charge is 0.384 e. The van der Waals surface area contributed by atoms with Crippen molar-refractivity contribution in [1.29, 1.82) is 0 Å². The van der Waals surface area contributed by atoms with Crippen LogP contribution in [0.3, 0.4) is 0 Å². The van der Waals surface area contributed by atoms with E-state index in [0.717, 1.165) is 36.3 Å². The topological polar surface area (TPSA) is 20.2 Å². The SMILES string of the molecule is Cc1cc(C(O)c2csc3c(Br)cccc23)ccc1Cl. The fraction of sp³-hybridized carbons (Fsp3) is 0.125. The summed E-state index contributed by atoms with van der Waals surface area (Å²) in [5.74, 6) is 0. The lowest BCUT2D eigenvalue weighted by Gasteiger charge is -2.12. The third-order valence-electron chi connectivity index (χ3n) is 3.37. The van der Waals surface area contributed by atoms with Gasteiger partial charge in [-0.3, -0.25) is 0 Å². The van der Waals surface area contributed by atoms with Gasteiger partial charge in [0.2, 0.25) is 0 Å². The Hall–Kier alpha value is -0.870. The third-order valence-corrected chi connectivity index (χ3v) is 5.77. The standard InChI is InChI=1S/C16H12BrClOS/c1-9-7-10(5-6-14(9)18)15(19)12-8-20-16-11(12)3-2-4-13(16)17/h2-8,15,19H,1H3. The van der Waals surface area contributed by atoms with Crippen molar-refractivity contribution >= 4 is 49.0 Å². The molecule has 0 bridgehead atoms. The summed E-state index contributed by atoms with van der Waals surface area (Å²) in [4.78, 5) is 0. The van der Waals surface area contributed by atoms with E-state index >= 15 is 0 Å². The maximum absolute atomic E-state index is 10.6. The highest BCUT2D eigenvalue weighted by molar-refractivity contribution is 9.10. The summed E-state index contributed by atoms with van der Waals surface area (Å²) in [6.07, 6.45) is -0.631. The second kappa shape index (κ2) is 5.49. The molecule has 1 N–H and O–H groups in total. The van der Waals surface area contributed by atoms with Crippen LogP contribution in [0.2, 0.25) is 5.02 Å². The van der Waals surface area contributed by atoms with Crippen LogP contribution in [0.4, 0.5) is 0 Å². The Balaban J connectivity index is 2.10. The lowest BCUT2D eigenvalue weighted by atomic mass is 9.99. The summed E-state index contributed by atoms with van der Waals surface area (Å²) >= 11 is 11.2. The first-order valence-electron chi connectivity index (χ1n) is 6.17. The van der Waals surface area contributed by atoms with Gasteiger partial charge in [0.25, 0.3) is 0 Å². The van der Waals surface area contributed by atoms with Crippen molar-refractivity contribution in [3.8, 4) is 0 Å². The Bertz CT molecular complexity index is 781. The molecule has 1 unspecified atom stereocenters. The monoisotopic (exact) mass is 366 g/mol. The second-order valence-corrected chi connectivity index (χ2v) is 6.86. The lowest BCUT2D eigenvalue weighted by molar-refractivity contribution is 0.222. The van der Waals surface area contributed by atoms with E-state index in [1.54, 1.807) is 11.3 Å². The van der Waals surface area contributed by atoms with Crippen LogP contribution in [0, 0.1) is 6.92 Å². The van der Waals surface area contributed by atoms with Gasteiger partial charge >= 0.3 is 0 Å². The van der Waals surface area contributed by atoms with Crippen molar-refractivity contribution in [2.24, 2.45) is 0 Å². The molecule has 3 aromatic rings. The molecule has 0 aliphatic heterocycles. The van der Waals surface area contributed by atoms with Gasteiger partial charge in [-0.1, -0.05) is 35.9 Å². The van der Waals surface area contributed by atoms with E-state index in [2.05, 4.69) is 15.9 Å². The highest BCUT2D eigenvalue weighted by atomic mass is 79.9. The zero-order valence-electron chi connectivity index (χ0n) is 10.7. The number of aliphatic hydroxyl groups excluding tert-OH is 1. The molecule has 20 heavy (non-hydrogen) atoms. The third kappa shape index (κ3) is 2.40. The smallest absolute Gasteiger partial charge is 0.105 e. The summed E-state index contributed by atoms with van der Waals surface area (Å²) in [6.45, 7) is 1.95. The molecule has 0 spiro atoms. The summed E-state index contributed by atoms with van der Waals surface area (Å²) in [6, 6.07) is 11.7. The minimum Gasteiger partial charge on any atom is -0.384 e. The van der Waals surface area contributed by atoms with Crippen LogP contribution in [0.25, 0.3) is 10.1 Å². The summed E-state index contributed by atoms with van der Waals surface area (Å²) in [7, 11) is 0. The second-order valence-electron chi connectivity index (χ2n) is 4.72. The lowest BCUT2D eigenvalue weighted by Crippen LogP contribution is -1.99. The maximum atomic E-state index is 10.6. The van der Waals surface area contributed by atoms with E-state index < -0.39 is 6.10 Å². The van der Waals surface area contributed by atoms with Gasteiger partial charge in [-0.15, -0.1) is 11.3 Å². The number of benzene rings is 2. The molecule has 2 aromatic carbocycles. The van der Waals surface area contributed by atoms with Crippen molar-refractivity contribution in [2.75, 3.05) is 0 Å². The number of aryl methyl sites for hydroxylation is 1. The minimum atomic E-state index is -0.631. The number of hydrogen-bond donors (Lipinski definition) is 1. The molecule has 0 fully saturated rings. The van der Waals surface area contributed by atoms with Gasteiger partial charge in [0.15, 0.2) is 0 Å². The highest BCUT2D eigenvalue weighted by Crippen LogP contribution is 2.37. The van der Waals surface area contributed by atoms with Crippen LogP contribution >= 0.6 is 38.9 Å². The first-order chi connectivity index (χ1) is 9.58. The number of rotatable bonds is 2. The molecule has 1 nitrogen and oxygen atoms in total. The normalized spacial score (nSPS) is 12.8. The van der Waals surface area contributed by atoms with E-state index in [1.807, 2.05) is 48.7 Å². The molecule has 1 heterocycles. The fourth-order valence-electron chi connectivity index (χ4n) is 2.27. The summed E-state index contributed by atoms with van der Waals surface area (Å²) in [5, 5.41) is 14.5. The van der Waals surface area contributed by atoms with Crippen molar-refractivity contribution < 1.29 is 5.11 Å². The maximum Gasteiger partial charge on any atom is 0.105 e. The van der Waals surface area contributed by atoms with Crippen molar-refractivity contribution in [3.63, 3.8) is 0 Å². The van der Waals surface area contributed by atoms with Crippen molar-refractivity contribution in [3.05, 3.63) is 68.0 Å². The van der Waals surface area contributed by atoms with Crippen LogP contribution in [0.15, 0.2) is 46.3 Å². The van der Waals surface area contributed by atoms with E-state index in [0.29, 0.717) is 0 Å². The van der Waals surface area contributed by atoms with Crippen molar-refractivity contribution in [2.45, 2.75) is 13.0 Å². The number of aliphatic hydroxyl groups is 1. The Labute approximate surface area is 135 Å². The van der Waals surface area contributed by atoms with Crippen LogP contribution < -0.4 is 0 Å². The van der Waals surface area contributed by atoms with Gasteiger partial charge in [-0.25, -0.2) is 0 Å². The van der Waals surface area contributed by atoms with Crippen LogP contribution in [0.1, 0.15) is 22.8 Å². The molecule has 0 radical (unpaired) electrons. The summed E-state index contributed by atoms with van der Waals surface area (Å²) in [5.41, 5.74) is 2.78. The van der Waals surface area contributed by atoms with Crippen LogP contribution in [0.5, 0.6) is 0 Å². The van der Waals surface area contributed by atoms with Gasteiger partial charge in [0, 0.05) is 19.8 Å². The van der Waals surface area contributed by atoms with Gasteiger partial charge in [-0.05, 0) is 56.9 Å². The number of hydrogen-bond acceptors (Lipinski definition) is 2. The predicted molar refractivity (Wildman–Crippen MR) is 89.8 cm³/mol. The number of halogens is 2.